The molecule has 1 N–H and O–H groups in total. The van der Waals surface area contributed by atoms with Crippen LogP contribution in [0, 0.1) is 0 Å². The molecule has 1 nitrogen and oxygen atoms in total. The van der Waals surface area contributed by atoms with Gasteiger partial charge in [-0.15, -0.1) is 0 Å². The van der Waals surface area contributed by atoms with Crippen molar-refractivity contribution in [3.8, 4) is 0 Å². The van der Waals surface area contributed by atoms with Crippen LogP contribution in [-0.2, 0) is 0 Å². The van der Waals surface area contributed by atoms with Gasteiger partial charge >= 0.3 is 0 Å². The summed E-state index contributed by atoms with van der Waals surface area (Å²) in [5.41, 5.74) is 2.65. The number of rotatable bonds is 5. The molecular formula is C17H20O. The summed E-state index contributed by atoms with van der Waals surface area (Å²) in [4.78, 5) is 0. The van der Waals surface area contributed by atoms with E-state index in [0.717, 1.165) is 12.8 Å². The largest absolute Gasteiger partial charge is 0.393 e. The number of aliphatic hydroxyl groups is 1. The average Bonchev–Trinajstić information content (AvgIpc) is 2.41. The van der Waals surface area contributed by atoms with Crippen molar-refractivity contribution in [1.82, 2.24) is 0 Å². The molecule has 0 aromatic heterocycles. The molecule has 0 bridgehead atoms. The van der Waals surface area contributed by atoms with E-state index in [1.165, 1.54) is 11.1 Å². The normalized spacial score (nSPS) is 12.6. The molecule has 2 aromatic carbocycles. The van der Waals surface area contributed by atoms with E-state index >= 15 is 0 Å². The lowest BCUT2D eigenvalue weighted by atomic mass is 9.87. The number of hydrogen-bond acceptors (Lipinski definition) is 1. The zero-order valence-corrected chi connectivity index (χ0v) is 10.8. The lowest BCUT2D eigenvalue weighted by Crippen LogP contribution is -2.06. The van der Waals surface area contributed by atoms with Crippen molar-refractivity contribution < 1.29 is 5.11 Å². The summed E-state index contributed by atoms with van der Waals surface area (Å²) in [5, 5.41) is 9.50. The predicted molar refractivity (Wildman–Crippen MR) is 75.6 cm³/mol. The Morgan fingerprint density at radius 1 is 0.778 bits per heavy atom. The molecule has 0 aliphatic carbocycles. The number of benzene rings is 2. The van der Waals surface area contributed by atoms with E-state index < -0.39 is 0 Å². The maximum absolute atomic E-state index is 9.50. The Hall–Kier alpha value is -1.60. The second-order valence-electron chi connectivity index (χ2n) is 4.80. The SMILES string of the molecule is CC(O)CCC(c1ccccc1)c1ccccc1. The van der Waals surface area contributed by atoms with Gasteiger partial charge in [0.1, 0.15) is 0 Å². The summed E-state index contributed by atoms with van der Waals surface area (Å²) >= 11 is 0. The Morgan fingerprint density at radius 2 is 1.22 bits per heavy atom. The topological polar surface area (TPSA) is 20.2 Å². The van der Waals surface area contributed by atoms with Crippen molar-refractivity contribution in [3.05, 3.63) is 71.8 Å². The van der Waals surface area contributed by atoms with Gasteiger partial charge in [0.25, 0.3) is 0 Å². The van der Waals surface area contributed by atoms with Crippen LogP contribution in [0.3, 0.4) is 0 Å². The summed E-state index contributed by atoms with van der Waals surface area (Å²) < 4.78 is 0. The number of hydrogen-bond donors (Lipinski definition) is 1. The monoisotopic (exact) mass is 240 g/mol. The van der Waals surface area contributed by atoms with Crippen LogP contribution in [-0.4, -0.2) is 11.2 Å². The Balaban J connectivity index is 2.24. The van der Waals surface area contributed by atoms with E-state index in [0.29, 0.717) is 5.92 Å². The van der Waals surface area contributed by atoms with Crippen LogP contribution < -0.4 is 0 Å². The molecule has 0 aliphatic heterocycles. The van der Waals surface area contributed by atoms with Crippen molar-refractivity contribution in [2.24, 2.45) is 0 Å². The average molecular weight is 240 g/mol. The van der Waals surface area contributed by atoms with E-state index in [1.54, 1.807) is 0 Å². The Labute approximate surface area is 109 Å². The van der Waals surface area contributed by atoms with Gasteiger partial charge in [0.2, 0.25) is 0 Å². The first-order valence-corrected chi connectivity index (χ1v) is 6.55. The van der Waals surface area contributed by atoms with Crippen molar-refractivity contribution in [2.45, 2.75) is 31.8 Å². The van der Waals surface area contributed by atoms with Gasteiger partial charge in [-0.1, -0.05) is 60.7 Å². The lowest BCUT2D eigenvalue weighted by Gasteiger charge is -2.18. The molecule has 2 aromatic rings. The Morgan fingerprint density at radius 3 is 1.61 bits per heavy atom. The minimum Gasteiger partial charge on any atom is -0.393 e. The molecular weight excluding hydrogens is 220 g/mol. The Bertz CT molecular complexity index is 408. The van der Waals surface area contributed by atoms with Crippen molar-refractivity contribution in [2.75, 3.05) is 0 Å². The molecule has 0 radical (unpaired) electrons. The summed E-state index contributed by atoms with van der Waals surface area (Å²) in [6, 6.07) is 21.1. The van der Waals surface area contributed by atoms with Gasteiger partial charge in [-0.2, -0.15) is 0 Å². The van der Waals surface area contributed by atoms with Gasteiger partial charge in [-0.05, 0) is 30.9 Å². The fourth-order valence-electron chi connectivity index (χ4n) is 2.30. The van der Waals surface area contributed by atoms with Crippen LogP contribution in [0.25, 0.3) is 0 Å². The molecule has 2 rings (SSSR count). The highest BCUT2D eigenvalue weighted by Gasteiger charge is 2.14. The van der Waals surface area contributed by atoms with E-state index in [-0.39, 0.29) is 6.10 Å². The predicted octanol–water partition coefficient (Wildman–Crippen LogP) is 3.98. The quantitative estimate of drug-likeness (QED) is 0.838. The molecule has 0 aliphatic rings. The first kappa shape index (κ1) is 12.8. The third kappa shape index (κ3) is 3.44. The molecule has 0 spiro atoms. The van der Waals surface area contributed by atoms with E-state index in [9.17, 15) is 5.11 Å². The van der Waals surface area contributed by atoms with Crippen molar-refractivity contribution in [1.29, 1.82) is 0 Å². The Kier molecular flexibility index (Phi) is 4.54. The van der Waals surface area contributed by atoms with Crippen LogP contribution in [0.2, 0.25) is 0 Å². The highest BCUT2D eigenvalue weighted by Crippen LogP contribution is 2.29. The van der Waals surface area contributed by atoms with Crippen LogP contribution in [0.4, 0.5) is 0 Å². The van der Waals surface area contributed by atoms with E-state index in [1.807, 2.05) is 19.1 Å². The fourth-order valence-corrected chi connectivity index (χ4v) is 2.30. The minimum absolute atomic E-state index is 0.236. The van der Waals surface area contributed by atoms with Crippen LogP contribution in [0.5, 0.6) is 0 Å². The first-order valence-electron chi connectivity index (χ1n) is 6.55. The molecule has 0 saturated carbocycles. The first-order chi connectivity index (χ1) is 8.77. The van der Waals surface area contributed by atoms with Gasteiger partial charge in [-0.3, -0.25) is 0 Å². The maximum atomic E-state index is 9.50. The van der Waals surface area contributed by atoms with Gasteiger partial charge in [0.15, 0.2) is 0 Å². The van der Waals surface area contributed by atoms with Gasteiger partial charge in [0.05, 0.1) is 6.10 Å². The minimum atomic E-state index is -0.236. The zero-order chi connectivity index (χ0) is 12.8. The molecule has 0 amide bonds. The lowest BCUT2D eigenvalue weighted by molar-refractivity contribution is 0.180. The van der Waals surface area contributed by atoms with Crippen LogP contribution in [0.15, 0.2) is 60.7 Å². The summed E-state index contributed by atoms with van der Waals surface area (Å²) in [5.74, 6) is 0.377. The third-order valence-electron chi connectivity index (χ3n) is 3.28. The van der Waals surface area contributed by atoms with Crippen molar-refractivity contribution in [3.63, 3.8) is 0 Å². The standard InChI is InChI=1S/C17H20O/c1-14(18)12-13-17(15-8-4-2-5-9-15)16-10-6-3-7-11-16/h2-11,14,17-18H,12-13H2,1H3. The summed E-state index contributed by atoms with van der Waals surface area (Å²) in [6.45, 7) is 1.85. The zero-order valence-electron chi connectivity index (χ0n) is 10.8. The molecule has 94 valence electrons. The number of aliphatic hydroxyl groups excluding tert-OH is 1. The van der Waals surface area contributed by atoms with Crippen LogP contribution >= 0.6 is 0 Å². The maximum Gasteiger partial charge on any atom is 0.0512 e. The highest BCUT2D eigenvalue weighted by atomic mass is 16.3. The van der Waals surface area contributed by atoms with E-state index in [2.05, 4.69) is 48.5 Å². The van der Waals surface area contributed by atoms with Gasteiger partial charge in [0, 0.05) is 5.92 Å². The smallest absolute Gasteiger partial charge is 0.0512 e. The molecule has 0 heterocycles. The molecule has 1 atom stereocenters. The second-order valence-corrected chi connectivity index (χ2v) is 4.80. The van der Waals surface area contributed by atoms with E-state index in [4.69, 9.17) is 0 Å². The van der Waals surface area contributed by atoms with Crippen LogP contribution in [0.1, 0.15) is 36.8 Å². The van der Waals surface area contributed by atoms with Crippen molar-refractivity contribution >= 4 is 0 Å². The summed E-state index contributed by atoms with van der Waals surface area (Å²) in [7, 11) is 0. The van der Waals surface area contributed by atoms with Gasteiger partial charge < -0.3 is 5.11 Å². The second kappa shape index (κ2) is 6.36. The molecule has 0 fully saturated rings. The fraction of sp³-hybridized carbons (Fsp3) is 0.294. The third-order valence-corrected chi connectivity index (χ3v) is 3.28. The molecule has 1 heteroatoms. The molecule has 1 unspecified atom stereocenters. The van der Waals surface area contributed by atoms with Gasteiger partial charge in [-0.25, -0.2) is 0 Å². The molecule has 0 saturated heterocycles. The molecule has 18 heavy (non-hydrogen) atoms. The summed E-state index contributed by atoms with van der Waals surface area (Å²) in [6.07, 6.45) is 1.57. The highest BCUT2D eigenvalue weighted by molar-refractivity contribution is 5.32.